The molecule has 1 aromatic heterocycles. The fraction of sp³-hybridized carbons (Fsp3) is 0.353. The van der Waals surface area contributed by atoms with E-state index in [4.69, 9.17) is 4.74 Å². The maximum atomic E-state index is 6.11. The number of nitrogens with zero attached hydrogens (tertiary/aromatic N) is 1. The van der Waals surface area contributed by atoms with Crippen molar-refractivity contribution < 1.29 is 4.74 Å². The Morgan fingerprint density at radius 3 is 3.05 bits per heavy atom. The molecule has 0 bridgehead atoms. The van der Waals surface area contributed by atoms with Gasteiger partial charge in [0.25, 0.3) is 0 Å². The predicted molar refractivity (Wildman–Crippen MR) is 78.9 cm³/mol. The fourth-order valence-corrected chi connectivity index (χ4v) is 3.47. The molecule has 0 radical (unpaired) electrons. The zero-order valence-corrected chi connectivity index (χ0v) is 11.4. The molecule has 3 heterocycles. The molecule has 0 unspecified atom stereocenters. The average molecular weight is 266 g/mol. The lowest BCUT2D eigenvalue weighted by atomic mass is 9.86. The molecule has 1 aromatic carbocycles. The Balaban J connectivity index is 1.85. The predicted octanol–water partition coefficient (Wildman–Crippen LogP) is 2.83. The van der Waals surface area contributed by atoms with Gasteiger partial charge < -0.3 is 10.1 Å². The first-order valence-electron chi connectivity index (χ1n) is 7.30. The molecule has 2 aliphatic rings. The summed E-state index contributed by atoms with van der Waals surface area (Å²) in [7, 11) is 0. The van der Waals surface area contributed by atoms with Crippen LogP contribution >= 0.6 is 0 Å². The third-order valence-corrected chi connectivity index (χ3v) is 4.49. The highest BCUT2D eigenvalue weighted by Crippen LogP contribution is 2.43. The van der Waals surface area contributed by atoms with Crippen LogP contribution in [0.1, 0.15) is 17.9 Å². The van der Waals surface area contributed by atoms with Crippen molar-refractivity contribution in [2.45, 2.75) is 12.3 Å². The van der Waals surface area contributed by atoms with Gasteiger partial charge >= 0.3 is 0 Å². The van der Waals surface area contributed by atoms with Gasteiger partial charge in [0.05, 0.1) is 6.61 Å². The Morgan fingerprint density at radius 1 is 1.15 bits per heavy atom. The maximum Gasteiger partial charge on any atom is 0.130 e. The molecule has 0 aliphatic carbocycles. The summed E-state index contributed by atoms with van der Waals surface area (Å²) in [6.45, 7) is 3.00. The van der Waals surface area contributed by atoms with E-state index in [0.29, 0.717) is 11.8 Å². The molecule has 1 fully saturated rings. The lowest BCUT2D eigenvalue weighted by molar-refractivity contribution is 0.297. The van der Waals surface area contributed by atoms with Crippen molar-refractivity contribution in [1.29, 1.82) is 0 Å². The topological polar surface area (TPSA) is 34.1 Å². The molecule has 20 heavy (non-hydrogen) atoms. The van der Waals surface area contributed by atoms with E-state index < -0.39 is 0 Å². The quantitative estimate of drug-likeness (QED) is 0.862. The Labute approximate surface area is 119 Å². The number of hydrogen-bond acceptors (Lipinski definition) is 3. The summed E-state index contributed by atoms with van der Waals surface area (Å²) in [4.78, 5) is 4.23. The van der Waals surface area contributed by atoms with E-state index in [1.807, 2.05) is 18.5 Å². The van der Waals surface area contributed by atoms with Gasteiger partial charge in [-0.25, -0.2) is 0 Å². The van der Waals surface area contributed by atoms with Crippen LogP contribution in [0, 0.1) is 5.92 Å². The summed E-state index contributed by atoms with van der Waals surface area (Å²) in [5.74, 6) is 2.36. The molecule has 4 rings (SSSR count). The first-order chi connectivity index (χ1) is 9.93. The average Bonchev–Trinajstić information content (AvgIpc) is 2.90. The molecule has 3 heteroatoms. The van der Waals surface area contributed by atoms with Crippen molar-refractivity contribution in [3.05, 3.63) is 48.3 Å². The lowest BCUT2D eigenvalue weighted by Gasteiger charge is -2.18. The van der Waals surface area contributed by atoms with Crippen LogP contribution in [0.15, 0.2) is 42.7 Å². The number of para-hydroxylation sites is 1. The van der Waals surface area contributed by atoms with Crippen LogP contribution in [-0.4, -0.2) is 24.7 Å². The zero-order valence-electron chi connectivity index (χ0n) is 11.4. The second kappa shape index (κ2) is 4.91. The molecule has 0 saturated carbocycles. The SMILES string of the molecule is c1cncc(-c2cccc3c2OCC[C@H]2CNC[C@H]32)c1. The van der Waals surface area contributed by atoms with E-state index in [2.05, 4.69) is 34.6 Å². The largest absolute Gasteiger partial charge is 0.493 e. The number of rotatable bonds is 1. The molecular weight excluding hydrogens is 248 g/mol. The summed E-state index contributed by atoms with van der Waals surface area (Å²) in [6.07, 6.45) is 4.86. The summed E-state index contributed by atoms with van der Waals surface area (Å²) in [5, 5.41) is 3.52. The Kier molecular flexibility index (Phi) is 2.92. The van der Waals surface area contributed by atoms with Gasteiger partial charge in [-0.15, -0.1) is 0 Å². The molecule has 1 saturated heterocycles. The first kappa shape index (κ1) is 11.9. The minimum absolute atomic E-state index is 0.587. The van der Waals surface area contributed by atoms with Gasteiger partial charge in [0.15, 0.2) is 0 Å². The van der Waals surface area contributed by atoms with Crippen molar-refractivity contribution in [2.75, 3.05) is 19.7 Å². The molecule has 1 N–H and O–H groups in total. The third-order valence-electron chi connectivity index (χ3n) is 4.49. The molecule has 0 spiro atoms. The number of aromatic nitrogens is 1. The van der Waals surface area contributed by atoms with E-state index in [9.17, 15) is 0 Å². The number of benzene rings is 1. The van der Waals surface area contributed by atoms with E-state index in [0.717, 1.165) is 37.4 Å². The zero-order chi connectivity index (χ0) is 13.4. The smallest absolute Gasteiger partial charge is 0.130 e. The standard InChI is InChI=1S/C17H18N2O/c1-4-14(12-3-2-7-18-9-12)17-15(5-1)16-11-19-10-13(16)6-8-20-17/h1-5,7,9,13,16,19H,6,8,10-11H2/t13-,16-/m0/s1. The van der Waals surface area contributed by atoms with Gasteiger partial charge in [0.1, 0.15) is 5.75 Å². The number of nitrogens with one attached hydrogen (secondary N) is 1. The van der Waals surface area contributed by atoms with Crippen LogP contribution in [0.25, 0.3) is 11.1 Å². The normalized spacial score (nSPS) is 24.4. The Morgan fingerprint density at radius 2 is 2.15 bits per heavy atom. The van der Waals surface area contributed by atoms with E-state index in [-0.39, 0.29) is 0 Å². The minimum Gasteiger partial charge on any atom is -0.493 e. The van der Waals surface area contributed by atoms with Crippen molar-refractivity contribution in [2.24, 2.45) is 5.92 Å². The van der Waals surface area contributed by atoms with Gasteiger partial charge in [-0.1, -0.05) is 24.3 Å². The van der Waals surface area contributed by atoms with Crippen molar-refractivity contribution in [3.63, 3.8) is 0 Å². The van der Waals surface area contributed by atoms with Crippen LogP contribution in [0.2, 0.25) is 0 Å². The number of ether oxygens (including phenoxy) is 1. The van der Waals surface area contributed by atoms with Crippen LogP contribution in [-0.2, 0) is 0 Å². The molecule has 2 aromatic rings. The van der Waals surface area contributed by atoms with Gasteiger partial charge in [-0.2, -0.15) is 0 Å². The number of pyridine rings is 1. The monoisotopic (exact) mass is 266 g/mol. The minimum atomic E-state index is 0.587. The van der Waals surface area contributed by atoms with Gasteiger partial charge in [0, 0.05) is 36.0 Å². The highest BCUT2D eigenvalue weighted by atomic mass is 16.5. The van der Waals surface area contributed by atoms with Crippen molar-refractivity contribution in [1.82, 2.24) is 10.3 Å². The molecule has 2 atom stereocenters. The summed E-state index contributed by atoms with van der Waals surface area (Å²) in [6, 6.07) is 10.6. The van der Waals surface area contributed by atoms with Crippen LogP contribution in [0.4, 0.5) is 0 Å². The molecule has 3 nitrogen and oxygen atoms in total. The van der Waals surface area contributed by atoms with Crippen LogP contribution < -0.4 is 10.1 Å². The second-order valence-corrected chi connectivity index (χ2v) is 5.63. The summed E-state index contributed by atoms with van der Waals surface area (Å²) < 4.78 is 6.11. The summed E-state index contributed by atoms with van der Waals surface area (Å²) in [5.41, 5.74) is 3.66. The van der Waals surface area contributed by atoms with Gasteiger partial charge in [-0.05, 0) is 30.5 Å². The molecule has 2 aliphatic heterocycles. The second-order valence-electron chi connectivity index (χ2n) is 5.63. The van der Waals surface area contributed by atoms with Crippen LogP contribution in [0.3, 0.4) is 0 Å². The summed E-state index contributed by atoms with van der Waals surface area (Å²) >= 11 is 0. The van der Waals surface area contributed by atoms with Crippen molar-refractivity contribution >= 4 is 0 Å². The Bertz CT molecular complexity index is 612. The lowest BCUT2D eigenvalue weighted by Crippen LogP contribution is -2.11. The Hall–Kier alpha value is -1.87. The fourth-order valence-electron chi connectivity index (χ4n) is 3.47. The van der Waals surface area contributed by atoms with Crippen LogP contribution in [0.5, 0.6) is 5.75 Å². The number of hydrogen-bond donors (Lipinski definition) is 1. The molecule has 0 amide bonds. The highest BCUT2D eigenvalue weighted by molar-refractivity contribution is 5.72. The van der Waals surface area contributed by atoms with Crippen molar-refractivity contribution in [3.8, 4) is 16.9 Å². The van der Waals surface area contributed by atoms with Gasteiger partial charge in [-0.3, -0.25) is 4.98 Å². The molecular formula is C17H18N2O. The van der Waals surface area contributed by atoms with E-state index in [1.54, 1.807) is 0 Å². The van der Waals surface area contributed by atoms with E-state index in [1.165, 1.54) is 11.1 Å². The highest BCUT2D eigenvalue weighted by Gasteiger charge is 2.33. The molecule has 102 valence electrons. The number of fused-ring (bicyclic) bond motifs is 3. The first-order valence-corrected chi connectivity index (χ1v) is 7.30. The maximum absolute atomic E-state index is 6.11. The van der Waals surface area contributed by atoms with Gasteiger partial charge in [0.2, 0.25) is 0 Å². The van der Waals surface area contributed by atoms with E-state index >= 15 is 0 Å². The third kappa shape index (κ3) is 1.90.